The molecule has 0 atom stereocenters. The van der Waals surface area contributed by atoms with E-state index in [1.807, 2.05) is 24.3 Å². The van der Waals surface area contributed by atoms with E-state index in [0.29, 0.717) is 8.58 Å². The Morgan fingerprint density at radius 3 is 1.12 bits per heavy atom. The molecule has 0 heterocycles. The number of benzene rings is 2. The molecule has 2 nitrogen and oxygen atoms in total. The number of hydrogen-bond donors (Lipinski definition) is 0. The molecule has 4 heteroatoms. The van der Waals surface area contributed by atoms with Gasteiger partial charge in [-0.2, -0.15) is 0 Å². The Balaban J connectivity index is 0.00000288. The fraction of sp³-hybridized carbons (Fsp3) is 0.400. The molecule has 0 bridgehead atoms. The molecule has 2 aromatic rings. The van der Waals surface area contributed by atoms with Crippen molar-refractivity contribution in [1.82, 2.24) is 0 Å². The first kappa shape index (κ1) is 20.8. The van der Waals surface area contributed by atoms with Crippen molar-refractivity contribution in [2.24, 2.45) is 0 Å². The van der Waals surface area contributed by atoms with Gasteiger partial charge >= 0.3 is 0 Å². The summed E-state index contributed by atoms with van der Waals surface area (Å²) < 4.78 is 11.7. The van der Waals surface area contributed by atoms with Gasteiger partial charge < -0.3 is 9.47 Å². The van der Waals surface area contributed by atoms with E-state index >= 15 is 0 Å². The molecule has 0 aliphatic heterocycles. The largest absolute Gasteiger partial charge is 0.488 e. The van der Waals surface area contributed by atoms with E-state index in [1.165, 1.54) is 10.6 Å². The highest BCUT2D eigenvalue weighted by atomic mass is 35.5. The predicted octanol–water partition coefficient (Wildman–Crippen LogP) is 5.09. The summed E-state index contributed by atoms with van der Waals surface area (Å²) >= 11 is 0. The number of ether oxygens (including phenoxy) is 2. The summed E-state index contributed by atoms with van der Waals surface area (Å²) in [6.07, 6.45) is 0. The lowest BCUT2D eigenvalue weighted by Gasteiger charge is -2.21. The van der Waals surface area contributed by atoms with Crippen LogP contribution in [0.25, 0.3) is 0 Å². The molecule has 0 aromatic heterocycles. The van der Waals surface area contributed by atoms with Crippen LogP contribution >= 0.6 is 21.0 Å². The van der Waals surface area contributed by atoms with Crippen LogP contribution in [0.15, 0.2) is 48.5 Å². The van der Waals surface area contributed by atoms with Crippen molar-refractivity contribution in [3.8, 4) is 11.5 Å². The normalized spacial score (nSPS) is 11.6. The Morgan fingerprint density at radius 1 is 0.583 bits per heavy atom. The molecule has 2 rings (SSSR count). The molecule has 0 amide bonds. The van der Waals surface area contributed by atoms with Gasteiger partial charge in [-0.15, -0.1) is 12.4 Å². The van der Waals surface area contributed by atoms with E-state index in [0.717, 1.165) is 11.5 Å². The lowest BCUT2D eigenvalue weighted by molar-refractivity contribution is 0.130. The van der Waals surface area contributed by atoms with Gasteiger partial charge in [-0.25, -0.2) is 0 Å². The van der Waals surface area contributed by atoms with Crippen LogP contribution in [-0.4, -0.2) is 11.2 Å². The van der Waals surface area contributed by atoms with E-state index in [9.17, 15) is 0 Å². The van der Waals surface area contributed by atoms with Crippen molar-refractivity contribution < 1.29 is 9.47 Å². The Hall–Kier alpha value is -1.24. The smallest absolute Gasteiger partial charge is 0.120 e. The van der Waals surface area contributed by atoms with Crippen LogP contribution in [0.3, 0.4) is 0 Å². The fourth-order valence-corrected chi connectivity index (χ4v) is 3.09. The minimum absolute atomic E-state index is 0. The Labute approximate surface area is 154 Å². The second kappa shape index (κ2) is 8.23. The third kappa shape index (κ3) is 7.55. The summed E-state index contributed by atoms with van der Waals surface area (Å²) in [7, 11) is 0.634. The molecule has 24 heavy (non-hydrogen) atoms. The zero-order chi connectivity index (χ0) is 17.1. The summed E-state index contributed by atoms with van der Waals surface area (Å²) in [4.78, 5) is 0. The average Bonchev–Trinajstić information content (AvgIpc) is 2.40. The minimum atomic E-state index is -0.160. The first-order valence-electron chi connectivity index (χ1n) is 7.96. The molecule has 0 radical (unpaired) electrons. The summed E-state index contributed by atoms with van der Waals surface area (Å²) in [6, 6.07) is 16.7. The van der Waals surface area contributed by atoms with Gasteiger partial charge in [0.2, 0.25) is 0 Å². The molecule has 0 saturated carbocycles. The van der Waals surface area contributed by atoms with Crippen molar-refractivity contribution in [2.75, 3.05) is 0 Å². The second-order valence-electron chi connectivity index (χ2n) is 7.60. The van der Waals surface area contributed by atoms with Crippen LogP contribution < -0.4 is 20.1 Å². The van der Waals surface area contributed by atoms with E-state index < -0.39 is 0 Å². The van der Waals surface area contributed by atoms with Crippen LogP contribution in [-0.2, 0) is 0 Å². The third-order valence-electron chi connectivity index (χ3n) is 2.85. The molecule has 0 aliphatic carbocycles. The quantitative estimate of drug-likeness (QED) is 0.701. The highest BCUT2D eigenvalue weighted by molar-refractivity contribution is 7.55. The molecule has 132 valence electrons. The van der Waals surface area contributed by atoms with E-state index in [-0.39, 0.29) is 23.6 Å². The standard InChI is InChI=1S/C20H27O2P.ClH/c1-19(2,3)21-15-7-11-17(12-8-15)23-18-13-9-16(10-14-18)22-20(4,5)6;/h7-14,23H,1-6H3;1H. The van der Waals surface area contributed by atoms with Crippen molar-refractivity contribution >= 4 is 31.6 Å². The zero-order valence-electron chi connectivity index (χ0n) is 15.3. The van der Waals surface area contributed by atoms with Crippen molar-refractivity contribution in [1.29, 1.82) is 0 Å². The molecule has 0 spiro atoms. The van der Waals surface area contributed by atoms with Crippen LogP contribution in [0.1, 0.15) is 41.5 Å². The zero-order valence-corrected chi connectivity index (χ0v) is 17.2. The van der Waals surface area contributed by atoms with Gasteiger partial charge in [0.25, 0.3) is 0 Å². The Bertz CT molecular complexity index is 565. The lowest BCUT2D eigenvalue weighted by atomic mass is 10.2. The number of hydrogen-bond acceptors (Lipinski definition) is 2. The highest BCUT2D eigenvalue weighted by Crippen LogP contribution is 2.21. The highest BCUT2D eigenvalue weighted by Gasteiger charge is 2.12. The maximum atomic E-state index is 5.86. The minimum Gasteiger partial charge on any atom is -0.488 e. The summed E-state index contributed by atoms with van der Waals surface area (Å²) in [6.45, 7) is 12.4. The summed E-state index contributed by atoms with van der Waals surface area (Å²) in [5, 5.41) is 2.60. The Morgan fingerprint density at radius 2 is 0.875 bits per heavy atom. The Kier molecular flexibility index (Phi) is 7.13. The molecule has 0 saturated heterocycles. The van der Waals surface area contributed by atoms with E-state index in [2.05, 4.69) is 65.8 Å². The number of rotatable bonds is 4. The average molecular weight is 367 g/mol. The maximum absolute atomic E-state index is 5.86. The summed E-state index contributed by atoms with van der Waals surface area (Å²) in [5.41, 5.74) is -0.320. The van der Waals surface area contributed by atoms with Crippen LogP contribution in [0.2, 0.25) is 0 Å². The predicted molar refractivity (Wildman–Crippen MR) is 108 cm³/mol. The first-order chi connectivity index (χ1) is 10.6. The van der Waals surface area contributed by atoms with Gasteiger partial charge in [0.05, 0.1) is 0 Å². The van der Waals surface area contributed by atoms with Crippen molar-refractivity contribution in [2.45, 2.75) is 52.7 Å². The molecule has 0 aliphatic rings. The molecular formula is C20H28ClO2P. The van der Waals surface area contributed by atoms with E-state index in [1.54, 1.807) is 0 Å². The molecule has 0 unspecified atom stereocenters. The molecule has 0 N–H and O–H groups in total. The topological polar surface area (TPSA) is 18.5 Å². The van der Waals surface area contributed by atoms with Crippen LogP contribution in [0, 0.1) is 0 Å². The first-order valence-corrected chi connectivity index (χ1v) is 8.96. The van der Waals surface area contributed by atoms with Gasteiger partial charge in [-0.05, 0) is 76.4 Å². The fourth-order valence-electron chi connectivity index (χ4n) is 2.09. The van der Waals surface area contributed by atoms with Gasteiger partial charge in [0, 0.05) is 0 Å². The van der Waals surface area contributed by atoms with Gasteiger partial charge in [-0.3, -0.25) is 0 Å². The van der Waals surface area contributed by atoms with E-state index in [4.69, 9.17) is 9.47 Å². The van der Waals surface area contributed by atoms with Crippen LogP contribution in [0.4, 0.5) is 0 Å². The lowest BCUT2D eigenvalue weighted by Crippen LogP contribution is -2.23. The maximum Gasteiger partial charge on any atom is 0.120 e. The monoisotopic (exact) mass is 366 g/mol. The van der Waals surface area contributed by atoms with Gasteiger partial charge in [0.15, 0.2) is 0 Å². The molecular weight excluding hydrogens is 339 g/mol. The van der Waals surface area contributed by atoms with Crippen LogP contribution in [0.5, 0.6) is 11.5 Å². The third-order valence-corrected chi connectivity index (χ3v) is 4.09. The van der Waals surface area contributed by atoms with Crippen molar-refractivity contribution in [3.05, 3.63) is 48.5 Å². The molecule has 0 fully saturated rings. The summed E-state index contributed by atoms with van der Waals surface area (Å²) in [5.74, 6) is 1.83. The number of halogens is 1. The van der Waals surface area contributed by atoms with Gasteiger partial charge in [0.1, 0.15) is 22.7 Å². The SMILES string of the molecule is CC(C)(C)Oc1ccc(Pc2ccc(OC(C)(C)C)cc2)cc1.Cl. The second-order valence-corrected chi connectivity index (χ2v) is 9.01. The van der Waals surface area contributed by atoms with Gasteiger partial charge in [-0.1, -0.05) is 32.8 Å². The van der Waals surface area contributed by atoms with Crippen molar-refractivity contribution in [3.63, 3.8) is 0 Å². The molecule has 2 aromatic carbocycles.